The largest absolute Gasteiger partial charge is 0.369 e. The van der Waals surface area contributed by atoms with Gasteiger partial charge in [0.2, 0.25) is 0 Å². The smallest absolute Gasteiger partial charge is 0.0639 e. The molecule has 0 atom stereocenters. The van der Waals surface area contributed by atoms with Crippen molar-refractivity contribution in [1.29, 1.82) is 0 Å². The second-order valence-corrected chi connectivity index (χ2v) is 8.78. The van der Waals surface area contributed by atoms with Crippen molar-refractivity contribution in [3.8, 4) is 0 Å². The molecule has 2 heterocycles. The zero-order chi connectivity index (χ0) is 20.1. The molecule has 2 aliphatic rings. The fraction of sp³-hybridized carbons (Fsp3) is 0.478. The summed E-state index contributed by atoms with van der Waals surface area (Å²) in [5.74, 6) is 0. The molecule has 4 nitrogen and oxygen atoms in total. The topological polar surface area (TPSA) is 13.0 Å². The predicted octanol–water partition coefficient (Wildman–Crippen LogP) is 4.33. The minimum Gasteiger partial charge on any atom is -0.369 e. The molecule has 0 N–H and O–H groups in total. The van der Waals surface area contributed by atoms with Gasteiger partial charge in [0, 0.05) is 63.1 Å². The molecule has 2 aromatic rings. The highest BCUT2D eigenvalue weighted by molar-refractivity contribution is 6.33. The van der Waals surface area contributed by atoms with Gasteiger partial charge in [-0.3, -0.25) is 9.80 Å². The molecule has 156 valence electrons. The van der Waals surface area contributed by atoms with E-state index in [1.807, 2.05) is 24.3 Å². The van der Waals surface area contributed by atoms with E-state index in [1.165, 1.54) is 30.9 Å². The molecule has 0 radical (unpaired) electrons. The average Bonchev–Trinajstić information content (AvgIpc) is 2.76. The summed E-state index contributed by atoms with van der Waals surface area (Å²) in [6.07, 6.45) is 1.24. The molecule has 0 aliphatic carbocycles. The number of benzene rings is 2. The molecule has 0 amide bonds. The molecule has 0 unspecified atom stereocenters. The van der Waals surface area contributed by atoms with Gasteiger partial charge in [-0.1, -0.05) is 35.3 Å². The minimum absolute atomic E-state index is 0.806. The van der Waals surface area contributed by atoms with Crippen LogP contribution in [-0.4, -0.2) is 75.2 Å². The molecule has 0 aromatic heterocycles. The van der Waals surface area contributed by atoms with Gasteiger partial charge in [-0.2, -0.15) is 0 Å². The summed E-state index contributed by atoms with van der Waals surface area (Å²) in [6, 6.07) is 16.4. The Labute approximate surface area is 184 Å². The summed E-state index contributed by atoms with van der Waals surface area (Å²) in [5.41, 5.74) is 2.46. The summed E-state index contributed by atoms with van der Waals surface area (Å²) >= 11 is 12.4. The SMILES string of the molecule is Clc1ccc(N2CCN(CCCN3CCN(c4ccccc4Cl)CC3)CC2)cc1. The van der Waals surface area contributed by atoms with Gasteiger partial charge in [-0.05, 0) is 55.9 Å². The van der Waals surface area contributed by atoms with E-state index in [1.54, 1.807) is 0 Å². The Balaban J connectivity index is 1.14. The van der Waals surface area contributed by atoms with Crippen molar-refractivity contribution in [3.63, 3.8) is 0 Å². The lowest BCUT2D eigenvalue weighted by Crippen LogP contribution is -2.48. The van der Waals surface area contributed by atoms with Crippen molar-refractivity contribution >= 4 is 34.6 Å². The highest BCUT2D eigenvalue weighted by atomic mass is 35.5. The van der Waals surface area contributed by atoms with Crippen LogP contribution in [-0.2, 0) is 0 Å². The van der Waals surface area contributed by atoms with E-state index in [9.17, 15) is 0 Å². The van der Waals surface area contributed by atoms with Crippen LogP contribution in [0.4, 0.5) is 11.4 Å². The molecule has 2 aliphatic heterocycles. The van der Waals surface area contributed by atoms with E-state index in [0.29, 0.717) is 0 Å². The zero-order valence-corrected chi connectivity index (χ0v) is 18.5. The van der Waals surface area contributed by atoms with Gasteiger partial charge < -0.3 is 9.80 Å². The molecule has 0 bridgehead atoms. The van der Waals surface area contributed by atoms with Crippen LogP contribution >= 0.6 is 23.2 Å². The average molecular weight is 433 g/mol. The maximum absolute atomic E-state index is 6.35. The van der Waals surface area contributed by atoms with Crippen LogP contribution in [0.1, 0.15) is 6.42 Å². The Morgan fingerprint density at radius 1 is 0.621 bits per heavy atom. The van der Waals surface area contributed by atoms with Crippen LogP contribution in [0.25, 0.3) is 0 Å². The number of para-hydroxylation sites is 1. The van der Waals surface area contributed by atoms with Gasteiger partial charge in [0.05, 0.1) is 10.7 Å². The number of anilines is 2. The molecule has 0 saturated carbocycles. The minimum atomic E-state index is 0.806. The van der Waals surface area contributed by atoms with Crippen molar-refractivity contribution in [2.45, 2.75) is 6.42 Å². The van der Waals surface area contributed by atoms with Gasteiger partial charge in [-0.25, -0.2) is 0 Å². The fourth-order valence-corrected chi connectivity index (χ4v) is 4.70. The number of hydrogen-bond acceptors (Lipinski definition) is 4. The van der Waals surface area contributed by atoms with Crippen molar-refractivity contribution in [1.82, 2.24) is 9.80 Å². The van der Waals surface area contributed by atoms with E-state index in [2.05, 4.69) is 43.9 Å². The van der Waals surface area contributed by atoms with Crippen LogP contribution in [0.15, 0.2) is 48.5 Å². The van der Waals surface area contributed by atoms with Crippen molar-refractivity contribution in [2.24, 2.45) is 0 Å². The molecule has 6 heteroatoms. The van der Waals surface area contributed by atoms with Crippen molar-refractivity contribution < 1.29 is 0 Å². The second kappa shape index (κ2) is 10.0. The maximum atomic E-state index is 6.35. The first-order valence-corrected chi connectivity index (χ1v) is 11.4. The third kappa shape index (κ3) is 5.58. The first kappa shape index (κ1) is 20.8. The van der Waals surface area contributed by atoms with Crippen LogP contribution in [0.3, 0.4) is 0 Å². The summed E-state index contributed by atoms with van der Waals surface area (Å²) in [4.78, 5) is 10.1. The zero-order valence-electron chi connectivity index (χ0n) is 16.9. The lowest BCUT2D eigenvalue weighted by atomic mass is 10.2. The third-order valence-electron chi connectivity index (χ3n) is 6.08. The van der Waals surface area contributed by atoms with Gasteiger partial charge in [-0.15, -0.1) is 0 Å². The lowest BCUT2D eigenvalue weighted by Gasteiger charge is -2.38. The van der Waals surface area contributed by atoms with E-state index in [-0.39, 0.29) is 0 Å². The first-order chi connectivity index (χ1) is 14.2. The van der Waals surface area contributed by atoms with Crippen LogP contribution < -0.4 is 9.80 Å². The van der Waals surface area contributed by atoms with Crippen LogP contribution in [0.5, 0.6) is 0 Å². The molecule has 0 spiro atoms. The first-order valence-electron chi connectivity index (χ1n) is 10.6. The highest BCUT2D eigenvalue weighted by Crippen LogP contribution is 2.26. The normalized spacial score (nSPS) is 19.0. The third-order valence-corrected chi connectivity index (χ3v) is 6.65. The van der Waals surface area contributed by atoms with Crippen molar-refractivity contribution in [2.75, 3.05) is 75.2 Å². The van der Waals surface area contributed by atoms with Gasteiger partial charge in [0.1, 0.15) is 0 Å². The quantitative estimate of drug-likeness (QED) is 0.673. The molecular weight excluding hydrogens is 403 g/mol. The van der Waals surface area contributed by atoms with Crippen LogP contribution in [0.2, 0.25) is 10.0 Å². The molecule has 4 rings (SSSR count). The monoisotopic (exact) mass is 432 g/mol. The van der Waals surface area contributed by atoms with E-state index >= 15 is 0 Å². The van der Waals surface area contributed by atoms with Gasteiger partial charge in [0.15, 0.2) is 0 Å². The van der Waals surface area contributed by atoms with Crippen LogP contribution in [0, 0.1) is 0 Å². The summed E-state index contributed by atoms with van der Waals surface area (Å²) in [7, 11) is 0. The number of hydrogen-bond donors (Lipinski definition) is 0. The Hall–Kier alpha value is -1.46. The molecular formula is C23H30Cl2N4. The number of rotatable bonds is 6. The van der Waals surface area contributed by atoms with E-state index in [4.69, 9.17) is 23.2 Å². The predicted molar refractivity (Wildman–Crippen MR) is 125 cm³/mol. The Kier molecular flexibility index (Phi) is 7.20. The number of nitrogens with zero attached hydrogens (tertiary/aromatic N) is 4. The molecule has 29 heavy (non-hydrogen) atoms. The van der Waals surface area contributed by atoms with E-state index < -0.39 is 0 Å². The maximum Gasteiger partial charge on any atom is 0.0639 e. The van der Waals surface area contributed by atoms with Gasteiger partial charge >= 0.3 is 0 Å². The number of piperazine rings is 2. The number of halogens is 2. The Bertz CT molecular complexity index is 767. The Morgan fingerprint density at radius 3 is 1.76 bits per heavy atom. The summed E-state index contributed by atoms with van der Waals surface area (Å²) < 4.78 is 0. The van der Waals surface area contributed by atoms with Gasteiger partial charge in [0.25, 0.3) is 0 Å². The molecule has 2 aromatic carbocycles. The molecule has 2 fully saturated rings. The highest BCUT2D eigenvalue weighted by Gasteiger charge is 2.20. The Morgan fingerprint density at radius 2 is 1.17 bits per heavy atom. The second-order valence-electron chi connectivity index (χ2n) is 7.94. The summed E-state index contributed by atoms with van der Waals surface area (Å²) in [6.45, 7) is 11.2. The molecule has 2 saturated heterocycles. The lowest BCUT2D eigenvalue weighted by molar-refractivity contribution is 0.213. The van der Waals surface area contributed by atoms with Crippen molar-refractivity contribution in [3.05, 3.63) is 58.6 Å². The standard InChI is InChI=1S/C23H30Cl2N4/c24-20-6-8-21(9-7-20)28-16-12-26(13-17-28)10-3-11-27-14-18-29(19-15-27)23-5-2-1-4-22(23)25/h1-2,4-9H,3,10-19H2. The van der Waals surface area contributed by atoms with E-state index in [0.717, 1.165) is 62.4 Å². The summed E-state index contributed by atoms with van der Waals surface area (Å²) in [5, 5.41) is 1.67. The fourth-order valence-electron chi connectivity index (χ4n) is 4.32.